The Labute approximate surface area is 48.4 Å². The lowest BCUT2D eigenvalue weighted by Gasteiger charge is -1.88. The van der Waals surface area contributed by atoms with E-state index in [4.69, 9.17) is 5.26 Å². The van der Waals surface area contributed by atoms with Crippen LogP contribution in [0.25, 0.3) is 0 Å². The van der Waals surface area contributed by atoms with Crippen LogP contribution in [0.4, 0.5) is 0 Å². The molecule has 0 aromatic heterocycles. The predicted molar refractivity (Wildman–Crippen MR) is 30.0 cm³/mol. The lowest BCUT2D eigenvalue weighted by molar-refractivity contribution is -0.109. The molecule has 0 amide bonds. The van der Waals surface area contributed by atoms with Gasteiger partial charge in [0.1, 0.15) is 12.2 Å². The quantitative estimate of drug-likeness (QED) is 0.399. The van der Waals surface area contributed by atoms with Gasteiger partial charge in [-0.2, -0.15) is 5.26 Å². The topological polar surface area (TPSA) is 40.9 Å². The van der Waals surface area contributed by atoms with Gasteiger partial charge in [-0.25, -0.2) is 0 Å². The second-order valence-corrected chi connectivity index (χ2v) is 1.40. The highest BCUT2D eigenvalue weighted by atomic mass is 16.1. The number of rotatable bonds is 3. The highest BCUT2D eigenvalue weighted by molar-refractivity contribution is 5.57. The Hall–Kier alpha value is -1.10. The van der Waals surface area contributed by atoms with Gasteiger partial charge < -0.3 is 4.79 Å². The summed E-state index contributed by atoms with van der Waals surface area (Å²) in [5.41, 5.74) is 0. The Balaban J connectivity index is 3.56. The van der Waals surface area contributed by atoms with Crippen molar-refractivity contribution < 1.29 is 4.79 Å². The summed E-state index contributed by atoms with van der Waals surface area (Å²) in [7, 11) is 0. The molecule has 0 aromatic carbocycles. The van der Waals surface area contributed by atoms with Crippen LogP contribution in [0, 0.1) is 17.2 Å². The lowest BCUT2D eigenvalue weighted by Crippen LogP contribution is -1.94. The molecule has 0 aliphatic rings. The standard InChI is InChI=1S/C6H7NO/c1-2-3-6(4-7)5-8/h2,5-6H,1,3H2. The first-order valence-electron chi connectivity index (χ1n) is 2.31. The zero-order chi connectivity index (χ0) is 6.41. The first kappa shape index (κ1) is 6.90. The highest BCUT2D eigenvalue weighted by Crippen LogP contribution is 1.95. The molecule has 0 aliphatic heterocycles. The Morgan fingerprint density at radius 1 is 1.88 bits per heavy atom. The average molecular weight is 109 g/mol. The summed E-state index contributed by atoms with van der Waals surface area (Å²) >= 11 is 0. The number of carbonyl (C=O) groups excluding carboxylic acids is 1. The van der Waals surface area contributed by atoms with E-state index in [0.717, 1.165) is 0 Å². The van der Waals surface area contributed by atoms with Crippen molar-refractivity contribution in [1.82, 2.24) is 0 Å². The van der Waals surface area contributed by atoms with Crippen molar-refractivity contribution in [1.29, 1.82) is 5.26 Å². The zero-order valence-electron chi connectivity index (χ0n) is 4.50. The molecule has 0 heterocycles. The summed E-state index contributed by atoms with van der Waals surface area (Å²) in [5, 5.41) is 8.13. The van der Waals surface area contributed by atoms with Crippen LogP contribution < -0.4 is 0 Å². The molecular weight excluding hydrogens is 102 g/mol. The fourth-order valence-electron chi connectivity index (χ4n) is 0.318. The van der Waals surface area contributed by atoms with Crippen LogP contribution in [0.3, 0.4) is 0 Å². The minimum Gasteiger partial charge on any atom is -0.302 e. The summed E-state index contributed by atoms with van der Waals surface area (Å²) in [4.78, 5) is 9.86. The molecule has 0 rings (SSSR count). The number of nitriles is 1. The molecule has 42 valence electrons. The van der Waals surface area contributed by atoms with E-state index in [2.05, 4.69) is 6.58 Å². The summed E-state index contributed by atoms with van der Waals surface area (Å²) < 4.78 is 0. The molecule has 0 spiro atoms. The third kappa shape index (κ3) is 2.14. The van der Waals surface area contributed by atoms with E-state index in [-0.39, 0.29) is 0 Å². The Morgan fingerprint density at radius 2 is 2.50 bits per heavy atom. The van der Waals surface area contributed by atoms with Crippen LogP contribution in [0.15, 0.2) is 12.7 Å². The van der Waals surface area contributed by atoms with Crippen molar-refractivity contribution in [2.24, 2.45) is 5.92 Å². The molecule has 0 radical (unpaired) electrons. The maximum absolute atomic E-state index is 9.86. The summed E-state index contributed by atoms with van der Waals surface area (Å²) in [6.45, 7) is 3.39. The molecule has 8 heavy (non-hydrogen) atoms. The molecule has 0 fully saturated rings. The normalized spacial score (nSPS) is 11.4. The van der Waals surface area contributed by atoms with Gasteiger partial charge in [0.25, 0.3) is 0 Å². The van der Waals surface area contributed by atoms with Gasteiger partial charge in [-0.3, -0.25) is 0 Å². The van der Waals surface area contributed by atoms with Gasteiger partial charge in [-0.15, -0.1) is 6.58 Å². The van der Waals surface area contributed by atoms with Gasteiger partial charge in [0.15, 0.2) is 0 Å². The van der Waals surface area contributed by atoms with E-state index in [1.54, 1.807) is 6.08 Å². The number of hydrogen-bond donors (Lipinski definition) is 0. The molecule has 2 heteroatoms. The van der Waals surface area contributed by atoms with Crippen molar-refractivity contribution in [3.63, 3.8) is 0 Å². The minimum atomic E-state index is -0.493. The average Bonchev–Trinajstić information content (AvgIpc) is 1.83. The monoisotopic (exact) mass is 109 g/mol. The van der Waals surface area contributed by atoms with Gasteiger partial charge in [-0.05, 0) is 6.42 Å². The van der Waals surface area contributed by atoms with Gasteiger partial charge in [0.2, 0.25) is 0 Å². The summed E-state index contributed by atoms with van der Waals surface area (Å²) in [5.74, 6) is -0.493. The maximum atomic E-state index is 9.86. The number of allylic oxidation sites excluding steroid dienone is 1. The van der Waals surface area contributed by atoms with Crippen LogP contribution in [-0.2, 0) is 4.79 Å². The van der Waals surface area contributed by atoms with Crippen LogP contribution in [0.1, 0.15) is 6.42 Å². The van der Waals surface area contributed by atoms with Crippen LogP contribution in [0.2, 0.25) is 0 Å². The van der Waals surface area contributed by atoms with Crippen molar-refractivity contribution >= 4 is 6.29 Å². The maximum Gasteiger partial charge on any atom is 0.137 e. The number of hydrogen-bond acceptors (Lipinski definition) is 2. The Morgan fingerprint density at radius 3 is 2.62 bits per heavy atom. The molecule has 1 unspecified atom stereocenters. The van der Waals surface area contributed by atoms with E-state index < -0.39 is 5.92 Å². The molecule has 2 nitrogen and oxygen atoms in total. The van der Waals surface area contributed by atoms with Crippen molar-refractivity contribution in [3.8, 4) is 6.07 Å². The van der Waals surface area contributed by atoms with Crippen LogP contribution in [-0.4, -0.2) is 6.29 Å². The van der Waals surface area contributed by atoms with Gasteiger partial charge in [-0.1, -0.05) is 6.08 Å². The van der Waals surface area contributed by atoms with Gasteiger partial charge >= 0.3 is 0 Å². The highest BCUT2D eigenvalue weighted by Gasteiger charge is 1.98. The minimum absolute atomic E-state index is 0.458. The number of aldehydes is 1. The number of carbonyl (C=O) groups is 1. The molecule has 0 saturated carbocycles. The second-order valence-electron chi connectivity index (χ2n) is 1.40. The molecule has 0 bridgehead atoms. The molecule has 1 atom stereocenters. The molecule has 0 aromatic rings. The van der Waals surface area contributed by atoms with Crippen LogP contribution >= 0.6 is 0 Å². The molecule has 0 saturated heterocycles. The van der Waals surface area contributed by atoms with E-state index >= 15 is 0 Å². The van der Waals surface area contributed by atoms with Crippen molar-refractivity contribution in [2.45, 2.75) is 6.42 Å². The van der Waals surface area contributed by atoms with Crippen LogP contribution in [0.5, 0.6) is 0 Å². The lowest BCUT2D eigenvalue weighted by atomic mass is 10.1. The fourth-order valence-corrected chi connectivity index (χ4v) is 0.318. The largest absolute Gasteiger partial charge is 0.302 e. The molecular formula is C6H7NO. The van der Waals surface area contributed by atoms with Gasteiger partial charge in [0, 0.05) is 0 Å². The molecule has 0 N–H and O–H groups in total. The first-order valence-corrected chi connectivity index (χ1v) is 2.31. The fraction of sp³-hybridized carbons (Fsp3) is 0.333. The number of nitrogens with zero attached hydrogens (tertiary/aromatic N) is 1. The SMILES string of the molecule is C=CCC(C#N)C=O. The van der Waals surface area contributed by atoms with E-state index in [1.807, 2.05) is 6.07 Å². The Kier molecular flexibility index (Phi) is 3.51. The third-order valence-electron chi connectivity index (χ3n) is 0.751. The smallest absolute Gasteiger partial charge is 0.137 e. The zero-order valence-corrected chi connectivity index (χ0v) is 4.50. The summed E-state index contributed by atoms with van der Waals surface area (Å²) in [6, 6.07) is 1.81. The van der Waals surface area contributed by atoms with Crippen molar-refractivity contribution in [3.05, 3.63) is 12.7 Å². The molecule has 0 aliphatic carbocycles. The van der Waals surface area contributed by atoms with Gasteiger partial charge in [0.05, 0.1) is 6.07 Å². The van der Waals surface area contributed by atoms with E-state index in [1.165, 1.54) is 0 Å². The van der Waals surface area contributed by atoms with E-state index in [0.29, 0.717) is 12.7 Å². The second kappa shape index (κ2) is 4.07. The predicted octanol–water partition coefficient (Wildman–Crippen LogP) is 0.901. The Bertz CT molecular complexity index is 123. The van der Waals surface area contributed by atoms with Crippen molar-refractivity contribution in [2.75, 3.05) is 0 Å². The first-order chi connectivity index (χ1) is 3.85. The third-order valence-corrected chi connectivity index (χ3v) is 0.751. The van der Waals surface area contributed by atoms with E-state index in [9.17, 15) is 4.79 Å². The summed E-state index contributed by atoms with van der Waals surface area (Å²) in [6.07, 6.45) is 2.64.